The summed E-state index contributed by atoms with van der Waals surface area (Å²) in [6.07, 6.45) is 11.7. The lowest BCUT2D eigenvalue weighted by molar-refractivity contribution is -0.693. The number of nitrogens with zero attached hydrogens (tertiary/aromatic N) is 1. The molecule has 0 unspecified atom stereocenters. The predicted molar refractivity (Wildman–Crippen MR) is 150 cm³/mol. The number of hydrogen-bond donors (Lipinski definition) is 0. The van der Waals surface area contributed by atoms with Crippen LogP contribution in [0.15, 0.2) is 30.3 Å². The topological polar surface area (TPSA) is 40.8 Å². The molecule has 1 aliphatic rings. The fourth-order valence-electron chi connectivity index (χ4n) is 5.56. The highest BCUT2D eigenvalue weighted by atomic mass is 35.5. The zero-order chi connectivity index (χ0) is 26.2. The molecular formula is C32H44ClNO4. The number of aromatic nitrogens is 1. The molecule has 0 fully saturated rings. The second kappa shape index (κ2) is 14.5. The summed E-state index contributed by atoms with van der Waals surface area (Å²) in [6, 6.07) is 10.8. The van der Waals surface area contributed by atoms with Gasteiger partial charge in [-0.2, -0.15) is 4.57 Å². The van der Waals surface area contributed by atoms with Gasteiger partial charge >= 0.3 is 0 Å². The normalized spacial score (nSPS) is 11.9. The SMILES string of the molecule is CCCCCCCCOc1cc2c(cc1OC)-c1cc3ccc(OC)c(OC)c3c(CCCC)[n+]1CC2.[Cl-]. The Labute approximate surface area is 234 Å². The van der Waals surface area contributed by atoms with Crippen molar-refractivity contribution >= 4 is 10.8 Å². The summed E-state index contributed by atoms with van der Waals surface area (Å²) in [5.41, 5.74) is 5.09. The summed E-state index contributed by atoms with van der Waals surface area (Å²) >= 11 is 0. The van der Waals surface area contributed by atoms with Gasteiger partial charge in [-0.25, -0.2) is 0 Å². The number of benzene rings is 2. The Hall–Kier alpha value is -2.66. The summed E-state index contributed by atoms with van der Waals surface area (Å²) in [7, 11) is 5.17. The Morgan fingerprint density at radius 2 is 1.50 bits per heavy atom. The van der Waals surface area contributed by atoms with Gasteiger partial charge in [0.2, 0.25) is 5.69 Å². The van der Waals surface area contributed by atoms with E-state index >= 15 is 0 Å². The van der Waals surface area contributed by atoms with Gasteiger partial charge in [0.15, 0.2) is 35.2 Å². The van der Waals surface area contributed by atoms with Gasteiger partial charge in [0.25, 0.3) is 0 Å². The smallest absolute Gasteiger partial charge is 0.213 e. The highest BCUT2D eigenvalue weighted by Gasteiger charge is 2.31. The Bertz CT molecular complexity index is 1210. The van der Waals surface area contributed by atoms with Crippen LogP contribution < -0.4 is 35.9 Å². The molecule has 38 heavy (non-hydrogen) atoms. The van der Waals surface area contributed by atoms with Crippen LogP contribution in [0.3, 0.4) is 0 Å². The van der Waals surface area contributed by atoms with Crippen LogP contribution in [0.5, 0.6) is 23.0 Å². The fraction of sp³-hybridized carbons (Fsp3) is 0.531. The molecule has 0 saturated heterocycles. The molecule has 208 valence electrons. The van der Waals surface area contributed by atoms with Crippen LogP contribution in [0.4, 0.5) is 0 Å². The molecule has 5 nitrogen and oxygen atoms in total. The first-order valence-electron chi connectivity index (χ1n) is 14.1. The van der Waals surface area contributed by atoms with Crippen LogP contribution in [0.25, 0.3) is 22.0 Å². The summed E-state index contributed by atoms with van der Waals surface area (Å²) in [5, 5.41) is 2.33. The highest BCUT2D eigenvalue weighted by Crippen LogP contribution is 2.42. The van der Waals surface area contributed by atoms with Crippen LogP contribution in [-0.4, -0.2) is 27.9 Å². The van der Waals surface area contributed by atoms with Gasteiger partial charge in [0.05, 0.1) is 38.9 Å². The summed E-state index contributed by atoms with van der Waals surface area (Å²) in [6.45, 7) is 6.17. The maximum Gasteiger partial charge on any atom is 0.213 e. The Morgan fingerprint density at radius 1 is 0.763 bits per heavy atom. The minimum atomic E-state index is 0. The van der Waals surface area contributed by atoms with E-state index in [0.717, 1.165) is 73.6 Å². The second-order valence-corrected chi connectivity index (χ2v) is 10.0. The quantitative estimate of drug-likeness (QED) is 0.223. The molecule has 0 spiro atoms. The fourth-order valence-corrected chi connectivity index (χ4v) is 5.56. The average Bonchev–Trinajstić information content (AvgIpc) is 2.93. The number of unbranched alkanes of at least 4 members (excludes halogenated alkanes) is 6. The lowest BCUT2D eigenvalue weighted by atomic mass is 9.92. The number of rotatable bonds is 14. The van der Waals surface area contributed by atoms with E-state index in [1.807, 2.05) is 6.07 Å². The first kappa shape index (κ1) is 29.9. The zero-order valence-electron chi connectivity index (χ0n) is 23.8. The van der Waals surface area contributed by atoms with Gasteiger partial charge in [-0.15, -0.1) is 0 Å². The van der Waals surface area contributed by atoms with E-state index in [0.29, 0.717) is 0 Å². The van der Waals surface area contributed by atoms with Crippen molar-refractivity contribution in [2.24, 2.45) is 0 Å². The van der Waals surface area contributed by atoms with E-state index in [9.17, 15) is 0 Å². The van der Waals surface area contributed by atoms with E-state index in [2.05, 4.69) is 42.7 Å². The van der Waals surface area contributed by atoms with Gasteiger partial charge in [0.1, 0.15) is 0 Å². The van der Waals surface area contributed by atoms with Crippen LogP contribution in [-0.2, 0) is 19.4 Å². The molecule has 0 aliphatic carbocycles. The molecule has 0 N–H and O–H groups in total. The Kier molecular flexibility index (Phi) is 11.4. The summed E-state index contributed by atoms with van der Waals surface area (Å²) in [4.78, 5) is 0. The number of ether oxygens (including phenoxy) is 4. The standard InChI is InChI=1S/C32H44NO4.ClH/c1-6-8-10-11-12-13-19-37-30-21-23-17-18-33-26(14-9-7-2)31-24(15-16-28(34-3)32(31)36-5)20-27(33)25(23)22-29(30)35-4;/h15-16,20-22H,6-14,17-19H2,1-5H3;1H/q+1;/p-1. The average molecular weight is 542 g/mol. The number of methoxy groups -OCH3 is 3. The lowest BCUT2D eigenvalue weighted by Crippen LogP contribution is -3.00. The van der Waals surface area contributed by atoms with Crippen molar-refractivity contribution in [1.29, 1.82) is 0 Å². The molecule has 0 radical (unpaired) electrons. The first-order chi connectivity index (χ1) is 18.2. The van der Waals surface area contributed by atoms with E-state index in [4.69, 9.17) is 18.9 Å². The van der Waals surface area contributed by atoms with Crippen molar-refractivity contribution in [2.75, 3.05) is 27.9 Å². The number of aryl methyl sites for hydroxylation is 2. The van der Waals surface area contributed by atoms with Gasteiger partial charge in [-0.1, -0.05) is 52.4 Å². The maximum atomic E-state index is 6.23. The third kappa shape index (κ3) is 6.31. The van der Waals surface area contributed by atoms with Crippen molar-refractivity contribution in [3.05, 3.63) is 41.6 Å². The minimum Gasteiger partial charge on any atom is -1.00 e. The Balaban J connectivity index is 0.00000400. The number of halogens is 1. The largest absolute Gasteiger partial charge is 1.00 e. The van der Waals surface area contributed by atoms with Crippen molar-refractivity contribution < 1.29 is 35.9 Å². The van der Waals surface area contributed by atoms with E-state index in [-0.39, 0.29) is 12.4 Å². The van der Waals surface area contributed by atoms with Gasteiger partial charge < -0.3 is 31.4 Å². The van der Waals surface area contributed by atoms with Crippen molar-refractivity contribution in [3.8, 4) is 34.3 Å². The molecule has 3 aromatic rings. The molecule has 2 heterocycles. The van der Waals surface area contributed by atoms with Crippen molar-refractivity contribution in [3.63, 3.8) is 0 Å². The third-order valence-corrected chi connectivity index (χ3v) is 7.57. The van der Waals surface area contributed by atoms with Gasteiger partial charge in [-0.3, -0.25) is 0 Å². The molecule has 4 rings (SSSR count). The Morgan fingerprint density at radius 3 is 2.21 bits per heavy atom. The molecule has 0 bridgehead atoms. The molecule has 1 aromatic heterocycles. The van der Waals surface area contributed by atoms with E-state index < -0.39 is 0 Å². The first-order valence-corrected chi connectivity index (χ1v) is 14.1. The van der Waals surface area contributed by atoms with Gasteiger partial charge in [-0.05, 0) is 48.1 Å². The molecule has 0 amide bonds. The predicted octanol–water partition coefficient (Wildman–Crippen LogP) is 4.46. The highest BCUT2D eigenvalue weighted by molar-refractivity contribution is 5.94. The van der Waals surface area contributed by atoms with Crippen molar-refractivity contribution in [2.45, 2.75) is 84.6 Å². The number of hydrogen-bond acceptors (Lipinski definition) is 4. The molecular weight excluding hydrogens is 498 g/mol. The van der Waals surface area contributed by atoms with E-state index in [1.54, 1.807) is 21.3 Å². The van der Waals surface area contributed by atoms with Crippen LogP contribution >= 0.6 is 0 Å². The third-order valence-electron chi connectivity index (χ3n) is 7.57. The number of pyridine rings is 1. The monoisotopic (exact) mass is 541 g/mol. The van der Waals surface area contributed by atoms with E-state index in [1.165, 1.54) is 60.0 Å². The molecule has 0 saturated carbocycles. The molecule has 1 aliphatic heterocycles. The van der Waals surface area contributed by atoms with Crippen molar-refractivity contribution in [1.82, 2.24) is 0 Å². The summed E-state index contributed by atoms with van der Waals surface area (Å²) in [5.74, 6) is 3.27. The zero-order valence-corrected chi connectivity index (χ0v) is 24.6. The minimum absolute atomic E-state index is 0. The maximum absolute atomic E-state index is 6.23. The molecule has 0 atom stereocenters. The molecule has 6 heteroatoms. The lowest BCUT2D eigenvalue weighted by Gasteiger charge is -2.22. The second-order valence-electron chi connectivity index (χ2n) is 10.0. The summed E-state index contributed by atoms with van der Waals surface area (Å²) < 4.78 is 26.1. The number of fused-ring (bicyclic) bond motifs is 4. The van der Waals surface area contributed by atoms with Crippen LogP contribution in [0, 0.1) is 0 Å². The van der Waals surface area contributed by atoms with Crippen LogP contribution in [0.2, 0.25) is 0 Å². The van der Waals surface area contributed by atoms with Crippen LogP contribution in [0.1, 0.15) is 76.5 Å². The molecule has 2 aromatic carbocycles. The van der Waals surface area contributed by atoms with Gasteiger partial charge in [0, 0.05) is 18.9 Å².